The third-order valence-corrected chi connectivity index (χ3v) is 3.82. The molecule has 0 atom stereocenters. The summed E-state index contributed by atoms with van der Waals surface area (Å²) in [4.78, 5) is 20.7. The molecule has 1 heterocycles. The van der Waals surface area contributed by atoms with Gasteiger partial charge in [0.2, 0.25) is 5.95 Å². The number of hydrogen-bond acceptors (Lipinski definition) is 4. The molecule has 0 saturated heterocycles. The van der Waals surface area contributed by atoms with Crippen molar-refractivity contribution in [1.82, 2.24) is 15.3 Å². The molecule has 1 saturated carbocycles. The summed E-state index contributed by atoms with van der Waals surface area (Å²) in [6.07, 6.45) is 2.92. The molecule has 5 nitrogen and oxygen atoms in total. The van der Waals surface area contributed by atoms with Crippen molar-refractivity contribution < 1.29 is 4.79 Å². The molecule has 23 heavy (non-hydrogen) atoms. The highest BCUT2D eigenvalue weighted by atomic mass is 35.5. The molecule has 6 heteroatoms. The summed E-state index contributed by atoms with van der Waals surface area (Å²) >= 11 is 5.97. The Morgan fingerprint density at radius 3 is 2.87 bits per heavy atom. The van der Waals surface area contributed by atoms with Crippen molar-refractivity contribution in [2.45, 2.75) is 32.2 Å². The maximum Gasteiger partial charge on any atom is 0.270 e. The van der Waals surface area contributed by atoms with E-state index in [0.717, 1.165) is 35.5 Å². The molecule has 0 spiro atoms. The van der Waals surface area contributed by atoms with E-state index in [0.29, 0.717) is 24.2 Å². The molecule has 1 aromatic carbocycles. The van der Waals surface area contributed by atoms with Gasteiger partial charge in [0.25, 0.3) is 5.91 Å². The van der Waals surface area contributed by atoms with Crippen molar-refractivity contribution in [2.24, 2.45) is 0 Å². The summed E-state index contributed by atoms with van der Waals surface area (Å²) in [6.45, 7) is 2.53. The minimum atomic E-state index is -0.129. The predicted octanol–water partition coefficient (Wildman–Crippen LogP) is 2.99. The van der Waals surface area contributed by atoms with Crippen LogP contribution < -0.4 is 10.6 Å². The lowest BCUT2D eigenvalue weighted by atomic mass is 10.1. The average molecular weight is 331 g/mol. The molecular weight excluding hydrogens is 312 g/mol. The van der Waals surface area contributed by atoms with Gasteiger partial charge in [-0.1, -0.05) is 23.7 Å². The molecule has 120 valence electrons. The zero-order chi connectivity index (χ0) is 16.2. The molecule has 0 aliphatic heterocycles. The van der Waals surface area contributed by atoms with Crippen molar-refractivity contribution in [3.8, 4) is 0 Å². The quantitative estimate of drug-likeness (QED) is 0.854. The number of hydrogen-bond donors (Lipinski definition) is 2. The molecule has 0 unspecified atom stereocenters. The normalized spacial score (nSPS) is 13.7. The number of aromatic nitrogens is 2. The Labute approximate surface area is 140 Å². The average Bonchev–Trinajstić information content (AvgIpc) is 3.31. The lowest BCUT2D eigenvalue weighted by molar-refractivity contribution is 0.0946. The van der Waals surface area contributed by atoms with Crippen molar-refractivity contribution in [1.29, 1.82) is 0 Å². The van der Waals surface area contributed by atoms with Gasteiger partial charge in [-0.2, -0.15) is 0 Å². The maximum absolute atomic E-state index is 12.1. The summed E-state index contributed by atoms with van der Waals surface area (Å²) in [5.74, 6) is 0.351. The van der Waals surface area contributed by atoms with Gasteiger partial charge in [0.15, 0.2) is 0 Å². The fourth-order valence-corrected chi connectivity index (χ4v) is 2.47. The molecule has 1 amide bonds. The molecule has 0 radical (unpaired) electrons. The Morgan fingerprint density at radius 2 is 2.13 bits per heavy atom. The van der Waals surface area contributed by atoms with Gasteiger partial charge in [0.1, 0.15) is 5.69 Å². The van der Waals surface area contributed by atoms with Crippen molar-refractivity contribution in [3.05, 3.63) is 52.3 Å². The van der Waals surface area contributed by atoms with Crippen LogP contribution in [0.2, 0.25) is 5.02 Å². The van der Waals surface area contributed by atoms with Crippen molar-refractivity contribution >= 4 is 23.5 Å². The molecule has 3 rings (SSSR count). The minimum absolute atomic E-state index is 0.129. The van der Waals surface area contributed by atoms with Crippen LogP contribution >= 0.6 is 11.6 Å². The summed E-state index contributed by atoms with van der Waals surface area (Å²) in [5.41, 5.74) is 2.32. The number of nitrogens with zero attached hydrogens (tertiary/aromatic N) is 2. The van der Waals surface area contributed by atoms with E-state index in [1.54, 1.807) is 6.07 Å². The monoisotopic (exact) mass is 330 g/mol. The van der Waals surface area contributed by atoms with Crippen LogP contribution in [0.3, 0.4) is 0 Å². The molecular formula is C17H19ClN4O. The number of nitrogens with one attached hydrogen (secondary N) is 2. The van der Waals surface area contributed by atoms with Gasteiger partial charge in [0.05, 0.1) is 0 Å². The smallest absolute Gasteiger partial charge is 0.270 e. The van der Waals surface area contributed by atoms with Crippen LogP contribution in [0.15, 0.2) is 30.3 Å². The predicted molar refractivity (Wildman–Crippen MR) is 90.9 cm³/mol. The molecule has 1 fully saturated rings. The number of halogens is 1. The first-order valence-electron chi connectivity index (χ1n) is 7.75. The molecule has 1 aliphatic carbocycles. The standard InChI is InChI=1S/C17H19ClN4O/c1-11-9-15(16(23)21-14-5-6-14)22-17(20-11)19-8-7-12-3-2-4-13(18)10-12/h2-4,9-10,14H,5-8H2,1H3,(H,21,23)(H,19,20,22). The highest BCUT2D eigenvalue weighted by Crippen LogP contribution is 2.19. The van der Waals surface area contributed by atoms with Crippen LogP contribution in [0.5, 0.6) is 0 Å². The van der Waals surface area contributed by atoms with Crippen LogP contribution in [-0.4, -0.2) is 28.5 Å². The number of anilines is 1. The molecule has 2 aromatic rings. The van der Waals surface area contributed by atoms with Crippen molar-refractivity contribution in [3.63, 3.8) is 0 Å². The van der Waals surface area contributed by atoms with Gasteiger partial charge < -0.3 is 10.6 Å². The second kappa shape index (κ2) is 6.96. The first kappa shape index (κ1) is 15.7. The van der Waals surface area contributed by atoms with Gasteiger partial charge in [0, 0.05) is 23.3 Å². The number of aryl methyl sites for hydroxylation is 1. The number of carbonyl (C=O) groups excluding carboxylic acids is 1. The van der Waals surface area contributed by atoms with Crippen LogP contribution in [-0.2, 0) is 6.42 Å². The fourth-order valence-electron chi connectivity index (χ4n) is 2.26. The van der Waals surface area contributed by atoms with E-state index in [-0.39, 0.29) is 5.91 Å². The van der Waals surface area contributed by atoms with Gasteiger partial charge in [-0.25, -0.2) is 9.97 Å². The van der Waals surface area contributed by atoms with E-state index in [4.69, 9.17) is 11.6 Å². The fraction of sp³-hybridized carbons (Fsp3) is 0.353. The molecule has 0 bridgehead atoms. The first-order valence-corrected chi connectivity index (χ1v) is 8.13. The van der Waals surface area contributed by atoms with E-state index in [1.807, 2.05) is 31.2 Å². The van der Waals surface area contributed by atoms with E-state index >= 15 is 0 Å². The van der Waals surface area contributed by atoms with E-state index in [2.05, 4.69) is 20.6 Å². The molecule has 2 N–H and O–H groups in total. The Morgan fingerprint density at radius 1 is 1.30 bits per heavy atom. The highest BCUT2D eigenvalue weighted by Gasteiger charge is 2.24. The SMILES string of the molecule is Cc1cc(C(=O)NC2CC2)nc(NCCc2cccc(Cl)c2)n1. The second-order valence-corrected chi connectivity index (χ2v) is 6.21. The molecule has 1 aromatic heterocycles. The number of rotatable bonds is 6. The summed E-state index contributed by atoms with van der Waals surface area (Å²) in [5, 5.41) is 6.84. The number of carbonyl (C=O) groups is 1. The van der Waals surface area contributed by atoms with Crippen molar-refractivity contribution in [2.75, 3.05) is 11.9 Å². The largest absolute Gasteiger partial charge is 0.354 e. The Kier molecular flexibility index (Phi) is 4.76. The minimum Gasteiger partial charge on any atom is -0.354 e. The summed E-state index contributed by atoms with van der Waals surface area (Å²) in [6, 6.07) is 9.78. The van der Waals surface area contributed by atoms with Crippen LogP contribution in [0, 0.1) is 6.92 Å². The summed E-state index contributed by atoms with van der Waals surface area (Å²) in [7, 11) is 0. The first-order chi connectivity index (χ1) is 11.1. The lowest BCUT2D eigenvalue weighted by Gasteiger charge is -2.08. The van der Waals surface area contributed by atoms with E-state index in [9.17, 15) is 4.79 Å². The van der Waals surface area contributed by atoms with Gasteiger partial charge in [-0.15, -0.1) is 0 Å². The number of amides is 1. The van der Waals surface area contributed by atoms with Crippen LogP contribution in [0.25, 0.3) is 0 Å². The zero-order valence-electron chi connectivity index (χ0n) is 13.0. The van der Waals surface area contributed by atoms with Crippen LogP contribution in [0.1, 0.15) is 34.6 Å². The van der Waals surface area contributed by atoms with Crippen LogP contribution in [0.4, 0.5) is 5.95 Å². The topological polar surface area (TPSA) is 66.9 Å². The second-order valence-electron chi connectivity index (χ2n) is 5.77. The summed E-state index contributed by atoms with van der Waals surface area (Å²) < 4.78 is 0. The Balaban J connectivity index is 1.60. The van der Waals surface area contributed by atoms with E-state index in [1.165, 1.54) is 0 Å². The molecule has 1 aliphatic rings. The Hall–Kier alpha value is -2.14. The van der Waals surface area contributed by atoms with Gasteiger partial charge in [-0.3, -0.25) is 4.79 Å². The zero-order valence-corrected chi connectivity index (χ0v) is 13.7. The maximum atomic E-state index is 12.1. The number of benzene rings is 1. The highest BCUT2D eigenvalue weighted by molar-refractivity contribution is 6.30. The van der Waals surface area contributed by atoms with Gasteiger partial charge in [-0.05, 0) is 49.9 Å². The third kappa shape index (κ3) is 4.66. The Bertz CT molecular complexity index is 715. The third-order valence-electron chi connectivity index (χ3n) is 3.59. The van der Waals surface area contributed by atoms with E-state index < -0.39 is 0 Å². The lowest BCUT2D eigenvalue weighted by Crippen LogP contribution is -2.27. The van der Waals surface area contributed by atoms with Gasteiger partial charge >= 0.3 is 0 Å².